The maximum absolute atomic E-state index is 5.69. The zero-order chi connectivity index (χ0) is 10.7. The van der Waals surface area contributed by atoms with Gasteiger partial charge in [-0.2, -0.15) is 0 Å². The number of hydrogen-bond acceptors (Lipinski definition) is 4. The van der Waals surface area contributed by atoms with Gasteiger partial charge in [-0.1, -0.05) is 6.42 Å². The Kier molecular flexibility index (Phi) is 3.16. The van der Waals surface area contributed by atoms with E-state index in [4.69, 9.17) is 5.73 Å². The Morgan fingerprint density at radius 1 is 1.47 bits per heavy atom. The Morgan fingerprint density at radius 3 is 3.00 bits per heavy atom. The molecule has 4 nitrogen and oxygen atoms in total. The SMILES string of the molecule is Cc1cc(N)nc(CC2CCCCN2)n1. The van der Waals surface area contributed by atoms with Crippen LogP contribution in [0.15, 0.2) is 6.07 Å². The van der Waals surface area contributed by atoms with Crippen LogP contribution in [0.2, 0.25) is 0 Å². The molecular weight excluding hydrogens is 188 g/mol. The van der Waals surface area contributed by atoms with Crippen molar-refractivity contribution >= 4 is 5.82 Å². The Balaban J connectivity index is 2.02. The second-order valence-corrected chi connectivity index (χ2v) is 4.20. The van der Waals surface area contributed by atoms with E-state index >= 15 is 0 Å². The fourth-order valence-electron chi connectivity index (χ4n) is 2.07. The van der Waals surface area contributed by atoms with E-state index in [9.17, 15) is 0 Å². The normalized spacial score (nSPS) is 21.5. The van der Waals surface area contributed by atoms with E-state index in [2.05, 4.69) is 15.3 Å². The van der Waals surface area contributed by atoms with Gasteiger partial charge in [0, 0.05) is 24.2 Å². The summed E-state index contributed by atoms with van der Waals surface area (Å²) in [5, 5.41) is 3.49. The monoisotopic (exact) mass is 206 g/mol. The lowest BCUT2D eigenvalue weighted by Gasteiger charge is -2.22. The van der Waals surface area contributed by atoms with E-state index < -0.39 is 0 Å². The Bertz CT molecular complexity index is 311. The number of nitrogens with one attached hydrogen (secondary N) is 1. The molecule has 0 spiro atoms. The van der Waals surface area contributed by atoms with Gasteiger partial charge >= 0.3 is 0 Å². The summed E-state index contributed by atoms with van der Waals surface area (Å²) < 4.78 is 0. The molecule has 0 bridgehead atoms. The highest BCUT2D eigenvalue weighted by molar-refractivity contribution is 5.29. The fourth-order valence-corrected chi connectivity index (χ4v) is 2.07. The van der Waals surface area contributed by atoms with Gasteiger partial charge < -0.3 is 11.1 Å². The first-order chi connectivity index (χ1) is 7.24. The van der Waals surface area contributed by atoms with Gasteiger partial charge in [-0.3, -0.25) is 0 Å². The summed E-state index contributed by atoms with van der Waals surface area (Å²) in [6.45, 7) is 3.07. The summed E-state index contributed by atoms with van der Waals surface area (Å²) in [6, 6.07) is 2.33. The summed E-state index contributed by atoms with van der Waals surface area (Å²) in [4.78, 5) is 8.65. The van der Waals surface area contributed by atoms with Crippen molar-refractivity contribution in [3.05, 3.63) is 17.6 Å². The van der Waals surface area contributed by atoms with Gasteiger partial charge in [0.2, 0.25) is 0 Å². The van der Waals surface area contributed by atoms with Crippen LogP contribution in [0.3, 0.4) is 0 Å². The standard InChI is InChI=1S/C11H18N4/c1-8-6-10(12)15-11(14-8)7-9-4-2-3-5-13-9/h6,9,13H,2-5,7H2,1H3,(H2,12,14,15). The molecule has 1 aliphatic rings. The van der Waals surface area contributed by atoms with Crippen molar-refractivity contribution < 1.29 is 0 Å². The molecule has 0 radical (unpaired) electrons. The largest absolute Gasteiger partial charge is 0.384 e. The first-order valence-electron chi connectivity index (χ1n) is 5.57. The number of piperidine rings is 1. The van der Waals surface area contributed by atoms with Crippen molar-refractivity contribution in [2.45, 2.75) is 38.6 Å². The molecule has 1 atom stereocenters. The molecule has 1 aliphatic heterocycles. The van der Waals surface area contributed by atoms with Gasteiger partial charge in [0.1, 0.15) is 11.6 Å². The van der Waals surface area contributed by atoms with Crippen molar-refractivity contribution in [2.24, 2.45) is 0 Å². The molecule has 4 heteroatoms. The molecule has 1 unspecified atom stereocenters. The zero-order valence-corrected chi connectivity index (χ0v) is 9.16. The number of rotatable bonds is 2. The molecule has 15 heavy (non-hydrogen) atoms. The zero-order valence-electron chi connectivity index (χ0n) is 9.16. The summed E-state index contributed by atoms with van der Waals surface area (Å²) in [7, 11) is 0. The number of hydrogen-bond donors (Lipinski definition) is 2. The second-order valence-electron chi connectivity index (χ2n) is 4.20. The average Bonchev–Trinajstić information content (AvgIpc) is 2.17. The third-order valence-electron chi connectivity index (χ3n) is 2.76. The molecule has 0 aromatic carbocycles. The third kappa shape index (κ3) is 2.89. The summed E-state index contributed by atoms with van der Waals surface area (Å²) in [5.74, 6) is 1.44. The van der Waals surface area contributed by atoms with Crippen molar-refractivity contribution in [3.63, 3.8) is 0 Å². The lowest BCUT2D eigenvalue weighted by molar-refractivity contribution is 0.394. The van der Waals surface area contributed by atoms with Gasteiger partial charge in [-0.05, 0) is 26.3 Å². The van der Waals surface area contributed by atoms with E-state index in [0.29, 0.717) is 11.9 Å². The van der Waals surface area contributed by atoms with Crippen molar-refractivity contribution in [3.8, 4) is 0 Å². The molecule has 2 rings (SSSR count). The molecular formula is C11H18N4. The Morgan fingerprint density at radius 2 is 2.33 bits per heavy atom. The van der Waals surface area contributed by atoms with Crippen LogP contribution in [0.25, 0.3) is 0 Å². The van der Waals surface area contributed by atoms with Gasteiger partial charge in [-0.25, -0.2) is 9.97 Å². The van der Waals surface area contributed by atoms with Gasteiger partial charge in [0.15, 0.2) is 0 Å². The molecule has 1 saturated heterocycles. The van der Waals surface area contributed by atoms with Crippen LogP contribution in [0.4, 0.5) is 5.82 Å². The van der Waals surface area contributed by atoms with Crippen LogP contribution < -0.4 is 11.1 Å². The molecule has 0 saturated carbocycles. The van der Waals surface area contributed by atoms with Crippen LogP contribution in [0, 0.1) is 6.92 Å². The summed E-state index contributed by atoms with van der Waals surface area (Å²) in [6.07, 6.45) is 4.70. The molecule has 1 fully saturated rings. The van der Waals surface area contributed by atoms with Crippen LogP contribution in [0.5, 0.6) is 0 Å². The molecule has 1 aromatic rings. The molecule has 2 heterocycles. The third-order valence-corrected chi connectivity index (χ3v) is 2.76. The number of aromatic nitrogens is 2. The van der Waals surface area contributed by atoms with Crippen LogP contribution in [0.1, 0.15) is 30.8 Å². The maximum Gasteiger partial charge on any atom is 0.132 e. The van der Waals surface area contributed by atoms with Gasteiger partial charge in [-0.15, -0.1) is 0 Å². The first-order valence-corrected chi connectivity index (χ1v) is 5.57. The highest BCUT2D eigenvalue weighted by Gasteiger charge is 2.14. The van der Waals surface area contributed by atoms with Crippen molar-refractivity contribution in [1.29, 1.82) is 0 Å². The molecule has 1 aromatic heterocycles. The topological polar surface area (TPSA) is 63.8 Å². The lowest BCUT2D eigenvalue weighted by atomic mass is 10.0. The first kappa shape index (κ1) is 10.4. The van der Waals surface area contributed by atoms with E-state index in [1.54, 1.807) is 6.07 Å². The quantitative estimate of drug-likeness (QED) is 0.759. The van der Waals surface area contributed by atoms with E-state index in [1.165, 1.54) is 19.3 Å². The number of nitrogens with two attached hydrogens (primary N) is 1. The van der Waals surface area contributed by atoms with Crippen molar-refractivity contribution in [2.75, 3.05) is 12.3 Å². The number of nitrogen functional groups attached to an aromatic ring is 1. The van der Waals surface area contributed by atoms with Crippen molar-refractivity contribution in [1.82, 2.24) is 15.3 Å². The maximum atomic E-state index is 5.69. The van der Waals surface area contributed by atoms with Gasteiger partial charge in [0.25, 0.3) is 0 Å². The number of nitrogens with zero attached hydrogens (tertiary/aromatic N) is 2. The average molecular weight is 206 g/mol. The predicted octanol–water partition coefficient (Wildman–Crippen LogP) is 1.05. The van der Waals surface area contributed by atoms with E-state index in [0.717, 1.165) is 24.5 Å². The summed E-state index contributed by atoms with van der Waals surface area (Å²) in [5.41, 5.74) is 6.65. The van der Waals surface area contributed by atoms with E-state index in [1.807, 2.05) is 6.92 Å². The minimum absolute atomic E-state index is 0.528. The summed E-state index contributed by atoms with van der Waals surface area (Å²) >= 11 is 0. The highest BCUT2D eigenvalue weighted by Crippen LogP contribution is 2.11. The minimum atomic E-state index is 0.528. The van der Waals surface area contributed by atoms with Gasteiger partial charge in [0.05, 0.1) is 0 Å². The molecule has 0 aliphatic carbocycles. The predicted molar refractivity (Wildman–Crippen MR) is 60.5 cm³/mol. The Hall–Kier alpha value is -1.16. The Labute approximate surface area is 90.3 Å². The van der Waals surface area contributed by atoms with E-state index in [-0.39, 0.29) is 0 Å². The number of aryl methyl sites for hydroxylation is 1. The molecule has 3 N–H and O–H groups in total. The highest BCUT2D eigenvalue weighted by atomic mass is 15.0. The van der Waals surface area contributed by atoms with Crippen LogP contribution >= 0.6 is 0 Å². The number of anilines is 1. The smallest absolute Gasteiger partial charge is 0.132 e. The minimum Gasteiger partial charge on any atom is -0.384 e. The van der Waals surface area contributed by atoms with Crippen LogP contribution in [-0.2, 0) is 6.42 Å². The molecule has 82 valence electrons. The molecule has 0 amide bonds. The lowest BCUT2D eigenvalue weighted by Crippen LogP contribution is -2.36. The second kappa shape index (κ2) is 4.57. The fraction of sp³-hybridized carbons (Fsp3) is 0.636. The van der Waals surface area contributed by atoms with Crippen LogP contribution in [-0.4, -0.2) is 22.6 Å².